The zero-order valence-electron chi connectivity index (χ0n) is 25.0. The van der Waals surface area contributed by atoms with Crippen molar-refractivity contribution in [3.63, 3.8) is 0 Å². The van der Waals surface area contributed by atoms with E-state index in [0.29, 0.717) is 29.7 Å². The van der Waals surface area contributed by atoms with Crippen LogP contribution in [0.4, 0.5) is 13.2 Å². The summed E-state index contributed by atoms with van der Waals surface area (Å²) in [5.74, 6) is -0.242. The highest BCUT2D eigenvalue weighted by atomic mass is 32.2. The van der Waals surface area contributed by atoms with E-state index >= 15 is 0 Å². The number of aromatic nitrogens is 1. The fraction of sp³-hybridized carbons (Fsp3) is 0.412. The van der Waals surface area contributed by atoms with Crippen LogP contribution in [-0.2, 0) is 25.9 Å². The van der Waals surface area contributed by atoms with Crippen LogP contribution in [0.2, 0.25) is 0 Å². The molecule has 1 heterocycles. The quantitative estimate of drug-likeness (QED) is 0.170. The van der Waals surface area contributed by atoms with Crippen LogP contribution in [0.25, 0.3) is 22.0 Å². The predicted molar refractivity (Wildman–Crippen MR) is 161 cm³/mol. The summed E-state index contributed by atoms with van der Waals surface area (Å²) < 4.78 is 88.6. The minimum absolute atomic E-state index is 0.0862. The Labute approximate surface area is 263 Å². The number of benzene rings is 3. The van der Waals surface area contributed by atoms with Crippen molar-refractivity contribution in [1.29, 1.82) is 0 Å². The number of rotatable bonds is 9. The van der Waals surface area contributed by atoms with E-state index < -0.39 is 27.4 Å². The van der Waals surface area contributed by atoms with Crippen LogP contribution in [0.1, 0.15) is 66.1 Å². The van der Waals surface area contributed by atoms with Crippen molar-refractivity contribution in [2.24, 2.45) is 11.8 Å². The van der Waals surface area contributed by atoms with Crippen molar-refractivity contribution in [1.82, 2.24) is 5.16 Å². The van der Waals surface area contributed by atoms with Gasteiger partial charge < -0.3 is 18.7 Å². The van der Waals surface area contributed by atoms with Crippen molar-refractivity contribution in [3.8, 4) is 17.0 Å². The molecule has 7 rings (SSSR count). The van der Waals surface area contributed by atoms with Gasteiger partial charge in [0.1, 0.15) is 17.2 Å². The second kappa shape index (κ2) is 11.7. The van der Waals surface area contributed by atoms with Gasteiger partial charge in [0.25, 0.3) is 0 Å². The Morgan fingerprint density at radius 1 is 0.957 bits per heavy atom. The highest BCUT2D eigenvalue weighted by molar-refractivity contribution is 7.92. The largest absolute Gasteiger partial charge is 0.573 e. The molecule has 0 spiro atoms. The van der Waals surface area contributed by atoms with Crippen LogP contribution in [0.5, 0.6) is 5.75 Å². The van der Waals surface area contributed by atoms with Crippen LogP contribution >= 0.6 is 0 Å². The minimum atomic E-state index is -4.87. The SMILES string of the molecule is COC(=O)c1ccc2cc(S(=O)(=O)[C@H]3[C@@H]4CC[C@H]3C[C@H](OCc3c(-c5ccccc5OC(F)(F)F)noc3C3CC3)C4)ccc2c1. The molecule has 12 heteroatoms. The first kappa shape index (κ1) is 30.7. The molecule has 3 saturated carbocycles. The van der Waals surface area contributed by atoms with E-state index in [1.54, 1.807) is 42.5 Å². The number of ether oxygens (including phenoxy) is 3. The first-order chi connectivity index (χ1) is 22.0. The number of fused-ring (bicyclic) bond motifs is 3. The number of alkyl halides is 3. The molecule has 1 aromatic heterocycles. The van der Waals surface area contributed by atoms with Crippen molar-refractivity contribution < 1.29 is 45.1 Å². The number of esters is 1. The Morgan fingerprint density at radius 2 is 1.65 bits per heavy atom. The molecule has 3 aliphatic carbocycles. The molecule has 0 radical (unpaired) electrons. The third-order valence-corrected chi connectivity index (χ3v) is 11.9. The van der Waals surface area contributed by atoms with Gasteiger partial charge in [0.2, 0.25) is 0 Å². The molecular weight excluding hydrogens is 623 g/mol. The topological polar surface area (TPSA) is 105 Å². The summed E-state index contributed by atoms with van der Waals surface area (Å²) in [4.78, 5) is 12.2. The maximum absolute atomic E-state index is 14.0. The summed E-state index contributed by atoms with van der Waals surface area (Å²) in [6.07, 6.45) is -0.610. The molecule has 2 bridgehead atoms. The van der Waals surface area contributed by atoms with Crippen LogP contribution < -0.4 is 4.74 Å². The molecule has 4 atom stereocenters. The fourth-order valence-corrected chi connectivity index (χ4v) is 9.65. The number of hydrogen-bond acceptors (Lipinski definition) is 8. The average molecular weight is 656 g/mol. The monoisotopic (exact) mass is 655 g/mol. The molecule has 0 amide bonds. The molecule has 242 valence electrons. The van der Waals surface area contributed by atoms with Crippen molar-refractivity contribution in [3.05, 3.63) is 77.6 Å². The van der Waals surface area contributed by atoms with Gasteiger partial charge in [0.15, 0.2) is 9.84 Å². The van der Waals surface area contributed by atoms with Crippen molar-refractivity contribution in [2.45, 2.75) is 73.7 Å². The summed E-state index contributed by atoms with van der Waals surface area (Å²) in [7, 11) is -2.34. The number of halogens is 3. The number of hydrogen-bond donors (Lipinski definition) is 0. The zero-order chi connectivity index (χ0) is 32.2. The fourth-order valence-electron chi connectivity index (χ4n) is 7.28. The molecule has 0 saturated heterocycles. The van der Waals surface area contributed by atoms with E-state index in [0.717, 1.165) is 36.5 Å². The lowest BCUT2D eigenvalue weighted by Crippen LogP contribution is -2.40. The second-order valence-corrected chi connectivity index (χ2v) is 14.5. The smallest absolute Gasteiger partial charge is 0.465 e. The van der Waals surface area contributed by atoms with Gasteiger partial charge >= 0.3 is 12.3 Å². The van der Waals surface area contributed by atoms with E-state index in [-0.39, 0.29) is 52.4 Å². The zero-order valence-corrected chi connectivity index (χ0v) is 25.8. The summed E-state index contributed by atoms with van der Waals surface area (Å²) in [5.41, 5.74) is 1.43. The molecule has 3 fully saturated rings. The Balaban J connectivity index is 1.09. The molecule has 46 heavy (non-hydrogen) atoms. The molecule has 0 unspecified atom stereocenters. The Hall–Kier alpha value is -3.90. The van der Waals surface area contributed by atoms with Crippen LogP contribution in [0.3, 0.4) is 0 Å². The number of carbonyl (C=O) groups is 1. The molecule has 3 aromatic carbocycles. The van der Waals surface area contributed by atoms with Crippen LogP contribution in [0, 0.1) is 11.8 Å². The lowest BCUT2D eigenvalue weighted by atomic mass is 9.86. The minimum Gasteiger partial charge on any atom is -0.465 e. The highest BCUT2D eigenvalue weighted by Gasteiger charge is 2.50. The lowest BCUT2D eigenvalue weighted by Gasteiger charge is -2.35. The van der Waals surface area contributed by atoms with Gasteiger partial charge in [-0.1, -0.05) is 29.4 Å². The third kappa shape index (κ3) is 5.88. The van der Waals surface area contributed by atoms with Gasteiger partial charge in [0.05, 0.1) is 35.5 Å². The lowest BCUT2D eigenvalue weighted by molar-refractivity contribution is -0.274. The normalized spacial score (nSPS) is 23.0. The first-order valence-electron chi connectivity index (χ1n) is 15.3. The van der Waals surface area contributed by atoms with E-state index in [2.05, 4.69) is 9.89 Å². The molecule has 0 N–H and O–H groups in total. The number of carbonyl (C=O) groups excluding carboxylic acids is 1. The Kier molecular flexibility index (Phi) is 7.83. The summed E-state index contributed by atoms with van der Waals surface area (Å²) in [6.45, 7) is 0.0881. The van der Waals surface area contributed by atoms with Gasteiger partial charge in [-0.05, 0) is 97.5 Å². The molecule has 0 aliphatic heterocycles. The molecule has 3 aliphatic rings. The number of para-hydroxylation sites is 1. The van der Waals surface area contributed by atoms with Gasteiger partial charge in [-0.25, -0.2) is 13.2 Å². The average Bonchev–Trinajstić information content (AvgIpc) is 3.73. The van der Waals surface area contributed by atoms with E-state index in [1.165, 1.54) is 25.3 Å². The molecule has 8 nitrogen and oxygen atoms in total. The summed E-state index contributed by atoms with van der Waals surface area (Å²) in [6, 6.07) is 15.9. The highest BCUT2D eigenvalue weighted by Crippen LogP contribution is 2.50. The number of sulfone groups is 1. The Bertz CT molecular complexity index is 1890. The molecular formula is C34H32F3NO7S. The summed E-state index contributed by atoms with van der Waals surface area (Å²) >= 11 is 0. The molecule has 4 aromatic rings. The van der Waals surface area contributed by atoms with Crippen LogP contribution in [-0.4, -0.2) is 44.4 Å². The van der Waals surface area contributed by atoms with Gasteiger partial charge in [0, 0.05) is 17.0 Å². The number of methoxy groups -OCH3 is 1. The Morgan fingerprint density at radius 3 is 2.35 bits per heavy atom. The maximum Gasteiger partial charge on any atom is 0.573 e. The van der Waals surface area contributed by atoms with E-state index in [4.69, 9.17) is 14.0 Å². The van der Waals surface area contributed by atoms with E-state index in [1.807, 2.05) is 0 Å². The van der Waals surface area contributed by atoms with Crippen molar-refractivity contribution in [2.75, 3.05) is 7.11 Å². The van der Waals surface area contributed by atoms with Gasteiger partial charge in [-0.15, -0.1) is 13.2 Å². The first-order valence-corrected chi connectivity index (χ1v) is 16.9. The summed E-state index contributed by atoms with van der Waals surface area (Å²) in [5, 5.41) is 5.09. The second-order valence-electron chi connectivity index (χ2n) is 12.4. The van der Waals surface area contributed by atoms with Crippen LogP contribution in [0.15, 0.2) is 70.1 Å². The predicted octanol–water partition coefficient (Wildman–Crippen LogP) is 7.61. The maximum atomic E-state index is 14.0. The third-order valence-electron chi connectivity index (χ3n) is 9.49. The number of nitrogens with zero attached hydrogens (tertiary/aromatic N) is 1. The van der Waals surface area contributed by atoms with Gasteiger partial charge in [-0.2, -0.15) is 0 Å². The standard InChI is InChI=1S/C34H32F3NO7S/c1-42-33(39)24-11-8-21-17-26(13-12-20(21)14-24)46(40,41)32-22-9-10-23(32)16-25(15-22)43-18-28-30(38-45-31(28)19-6-7-19)27-4-2-3-5-29(27)44-34(35,36)37/h2-5,8,11-14,17,19,22-23,25,32H,6-7,9-10,15-16,18H2,1H3/t22-,23+,25-,32+. The van der Waals surface area contributed by atoms with Gasteiger partial charge in [-0.3, -0.25) is 0 Å². The van der Waals surface area contributed by atoms with E-state index in [9.17, 15) is 26.4 Å². The van der Waals surface area contributed by atoms with Crippen molar-refractivity contribution >= 4 is 26.6 Å².